The van der Waals surface area contributed by atoms with Gasteiger partial charge in [0.1, 0.15) is 0 Å². The second-order valence-electron chi connectivity index (χ2n) is 2.63. The van der Waals surface area contributed by atoms with Crippen molar-refractivity contribution in [2.24, 2.45) is 4.99 Å². The molecule has 0 spiro atoms. The first kappa shape index (κ1) is 10.9. The van der Waals surface area contributed by atoms with Crippen LogP contribution >= 0.6 is 0 Å². The lowest BCUT2D eigenvalue weighted by Gasteiger charge is -1.96. The molecule has 0 saturated carbocycles. The monoisotopic (exact) mass is 163 g/mol. The molecule has 0 rings (SSSR count). The summed E-state index contributed by atoms with van der Waals surface area (Å²) in [5, 5.41) is 0. The van der Waals surface area contributed by atoms with Crippen molar-refractivity contribution >= 4 is 6.21 Å². The Kier molecular flexibility index (Phi) is 5.98. The molecule has 0 aromatic rings. The van der Waals surface area contributed by atoms with E-state index in [1.807, 2.05) is 31.4 Å². The molecule has 0 saturated heterocycles. The molecule has 0 aromatic carbocycles. The van der Waals surface area contributed by atoms with Gasteiger partial charge in [-0.2, -0.15) is 0 Å². The third kappa shape index (κ3) is 4.67. The molecule has 0 unspecified atom stereocenters. The summed E-state index contributed by atoms with van der Waals surface area (Å²) >= 11 is 0. The number of hydrogen-bond acceptors (Lipinski definition) is 1. The first-order valence-electron chi connectivity index (χ1n) is 4.11. The molecule has 1 nitrogen and oxygen atoms in total. The Hall–Kier alpha value is -1.11. The Balaban J connectivity index is 4.36. The van der Waals surface area contributed by atoms with E-state index in [4.69, 9.17) is 0 Å². The van der Waals surface area contributed by atoms with E-state index in [0.29, 0.717) is 0 Å². The summed E-state index contributed by atoms with van der Waals surface area (Å²) in [5.74, 6) is 0. The Morgan fingerprint density at radius 2 is 1.67 bits per heavy atom. The number of rotatable bonds is 3. The first-order chi connectivity index (χ1) is 5.72. The van der Waals surface area contributed by atoms with Gasteiger partial charge in [0.2, 0.25) is 0 Å². The van der Waals surface area contributed by atoms with E-state index in [-0.39, 0.29) is 0 Å². The van der Waals surface area contributed by atoms with E-state index >= 15 is 0 Å². The van der Waals surface area contributed by atoms with Crippen LogP contribution in [-0.2, 0) is 0 Å². The van der Waals surface area contributed by atoms with Gasteiger partial charge in [0.05, 0.1) is 0 Å². The molecule has 0 bridgehead atoms. The zero-order valence-corrected chi connectivity index (χ0v) is 8.33. The summed E-state index contributed by atoms with van der Waals surface area (Å²) in [6.07, 6.45) is 9.97. The molecular weight excluding hydrogens is 146 g/mol. The molecule has 1 heteroatoms. The first-order valence-corrected chi connectivity index (χ1v) is 4.11. The third-order valence-electron chi connectivity index (χ3n) is 1.63. The number of nitrogens with zero attached hydrogens (tertiary/aromatic N) is 1. The molecular formula is C11H17N. The maximum Gasteiger partial charge on any atom is 0.0277 e. The van der Waals surface area contributed by atoms with Crippen molar-refractivity contribution in [2.75, 3.05) is 7.05 Å². The van der Waals surface area contributed by atoms with Crippen LogP contribution in [0.2, 0.25) is 0 Å². The van der Waals surface area contributed by atoms with Gasteiger partial charge in [-0.1, -0.05) is 18.2 Å². The molecule has 0 heterocycles. The van der Waals surface area contributed by atoms with Gasteiger partial charge >= 0.3 is 0 Å². The van der Waals surface area contributed by atoms with Crippen LogP contribution in [0.15, 0.2) is 40.4 Å². The van der Waals surface area contributed by atoms with Crippen LogP contribution < -0.4 is 0 Å². The van der Waals surface area contributed by atoms with Crippen molar-refractivity contribution in [3.05, 3.63) is 35.5 Å². The van der Waals surface area contributed by atoms with E-state index in [0.717, 1.165) is 0 Å². The molecule has 0 atom stereocenters. The molecule has 0 aliphatic carbocycles. The van der Waals surface area contributed by atoms with Gasteiger partial charge in [-0.25, -0.2) is 0 Å². The van der Waals surface area contributed by atoms with Crippen LogP contribution in [0.25, 0.3) is 0 Å². The molecule has 66 valence electrons. The van der Waals surface area contributed by atoms with Crippen LogP contribution in [0, 0.1) is 0 Å². The summed E-state index contributed by atoms with van der Waals surface area (Å²) in [6, 6.07) is 0. The minimum absolute atomic E-state index is 1.25. The van der Waals surface area contributed by atoms with Gasteiger partial charge in [-0.15, -0.1) is 0 Å². The highest BCUT2D eigenvalue weighted by Gasteiger charge is 1.87. The van der Waals surface area contributed by atoms with Crippen molar-refractivity contribution in [1.29, 1.82) is 0 Å². The van der Waals surface area contributed by atoms with Gasteiger partial charge in [-0.3, -0.25) is 4.99 Å². The summed E-state index contributed by atoms with van der Waals surface area (Å²) in [7, 11) is 1.77. The van der Waals surface area contributed by atoms with Gasteiger partial charge in [0.25, 0.3) is 0 Å². The fourth-order valence-electron chi connectivity index (χ4n) is 0.690. The average Bonchev–Trinajstić information content (AvgIpc) is 2.10. The largest absolute Gasteiger partial charge is 0.297 e. The fraction of sp³-hybridized carbons (Fsp3) is 0.364. The molecule has 0 amide bonds. The normalized spacial score (nSPS) is 15.0. The number of aliphatic imine (C=N–C) groups is 1. The average molecular weight is 163 g/mol. The zero-order chi connectivity index (χ0) is 9.40. The lowest BCUT2D eigenvalue weighted by atomic mass is 10.1. The van der Waals surface area contributed by atoms with Gasteiger partial charge in [-0.05, 0) is 38.0 Å². The topological polar surface area (TPSA) is 12.4 Å². The second-order valence-corrected chi connectivity index (χ2v) is 2.63. The maximum absolute atomic E-state index is 3.89. The molecule has 0 radical (unpaired) electrons. The van der Waals surface area contributed by atoms with Crippen molar-refractivity contribution < 1.29 is 0 Å². The molecule has 0 N–H and O–H groups in total. The summed E-state index contributed by atoms with van der Waals surface area (Å²) in [5.41, 5.74) is 2.52. The lowest BCUT2D eigenvalue weighted by molar-refractivity contribution is 1.35. The standard InChI is InChI=1S/C11H17N/c1-5-6-7-10(2)11(3)8-9-12-4/h5-9H,1-4H3/b6-5-,10-7+,11-8+,12-9-. The fourth-order valence-corrected chi connectivity index (χ4v) is 0.690. The zero-order valence-electron chi connectivity index (χ0n) is 8.33. The van der Waals surface area contributed by atoms with Crippen molar-refractivity contribution in [3.8, 4) is 0 Å². The van der Waals surface area contributed by atoms with E-state index in [2.05, 4.69) is 24.9 Å². The van der Waals surface area contributed by atoms with Gasteiger partial charge < -0.3 is 0 Å². The third-order valence-corrected chi connectivity index (χ3v) is 1.63. The predicted octanol–water partition coefficient (Wildman–Crippen LogP) is 3.16. The Bertz CT molecular complexity index is 203. The second kappa shape index (κ2) is 6.59. The molecule has 0 fully saturated rings. The van der Waals surface area contributed by atoms with Crippen LogP contribution in [-0.4, -0.2) is 13.3 Å². The van der Waals surface area contributed by atoms with E-state index in [9.17, 15) is 0 Å². The molecule has 0 aromatic heterocycles. The highest BCUT2D eigenvalue weighted by atomic mass is 14.6. The smallest absolute Gasteiger partial charge is 0.0277 e. The number of hydrogen-bond donors (Lipinski definition) is 0. The van der Waals surface area contributed by atoms with Gasteiger partial charge in [0.15, 0.2) is 0 Å². The van der Waals surface area contributed by atoms with Crippen LogP contribution in [0.3, 0.4) is 0 Å². The SMILES string of the molecule is C\C=C/C=C(C)/C(C)=C/C=N\C. The highest BCUT2D eigenvalue weighted by molar-refractivity contribution is 5.73. The van der Waals surface area contributed by atoms with Crippen LogP contribution in [0.4, 0.5) is 0 Å². The minimum atomic E-state index is 1.25. The molecule has 12 heavy (non-hydrogen) atoms. The maximum atomic E-state index is 3.89. The Labute approximate surface area is 75.2 Å². The van der Waals surface area contributed by atoms with E-state index in [1.54, 1.807) is 7.05 Å². The predicted molar refractivity (Wildman–Crippen MR) is 56.7 cm³/mol. The summed E-state index contributed by atoms with van der Waals surface area (Å²) in [6.45, 7) is 6.18. The van der Waals surface area contributed by atoms with Gasteiger partial charge in [0, 0.05) is 13.3 Å². The lowest BCUT2D eigenvalue weighted by Crippen LogP contribution is -1.79. The Morgan fingerprint density at radius 1 is 1.08 bits per heavy atom. The summed E-state index contributed by atoms with van der Waals surface area (Å²) < 4.78 is 0. The van der Waals surface area contributed by atoms with Crippen molar-refractivity contribution in [1.82, 2.24) is 0 Å². The molecule has 0 aliphatic rings. The van der Waals surface area contributed by atoms with Crippen molar-refractivity contribution in [2.45, 2.75) is 20.8 Å². The van der Waals surface area contributed by atoms with Crippen LogP contribution in [0.5, 0.6) is 0 Å². The highest BCUT2D eigenvalue weighted by Crippen LogP contribution is 2.06. The molecule has 0 aliphatic heterocycles. The minimum Gasteiger partial charge on any atom is -0.297 e. The number of allylic oxidation sites excluding steroid dienone is 6. The summed E-state index contributed by atoms with van der Waals surface area (Å²) in [4.78, 5) is 3.89. The Morgan fingerprint density at radius 3 is 2.17 bits per heavy atom. The quantitative estimate of drug-likeness (QED) is 0.447. The van der Waals surface area contributed by atoms with E-state index < -0.39 is 0 Å². The van der Waals surface area contributed by atoms with E-state index in [1.165, 1.54) is 11.1 Å². The van der Waals surface area contributed by atoms with Crippen LogP contribution in [0.1, 0.15) is 20.8 Å². The van der Waals surface area contributed by atoms with Crippen molar-refractivity contribution in [3.63, 3.8) is 0 Å².